The number of aliphatic hydroxyl groups excluding tert-OH is 1. The Morgan fingerprint density at radius 3 is 2.63 bits per heavy atom. The zero-order valence-electron chi connectivity index (χ0n) is 16.3. The van der Waals surface area contributed by atoms with Crippen LogP contribution >= 0.6 is 0 Å². The highest BCUT2D eigenvalue weighted by Crippen LogP contribution is 2.31. The highest BCUT2D eigenvalue weighted by Gasteiger charge is 2.27. The fraction of sp³-hybridized carbons (Fsp3) is 0.350. The first-order valence-electron chi connectivity index (χ1n) is 9.42. The van der Waals surface area contributed by atoms with Crippen LogP contribution in [0.15, 0.2) is 29.1 Å². The predicted molar refractivity (Wildman–Crippen MR) is 107 cm³/mol. The monoisotopic (exact) mass is 419 g/mol. The van der Waals surface area contributed by atoms with Crippen LogP contribution < -0.4 is 15.8 Å². The van der Waals surface area contributed by atoms with Gasteiger partial charge >= 0.3 is 0 Å². The Bertz CT molecular complexity index is 1160. The Labute approximate surface area is 169 Å². The highest BCUT2D eigenvalue weighted by molar-refractivity contribution is 5.92. The molecule has 1 aromatic carbocycles. The molecule has 3 N–H and O–H groups in total. The molecule has 30 heavy (non-hydrogen) atoms. The van der Waals surface area contributed by atoms with Crippen LogP contribution in [0, 0.1) is 12.7 Å². The number of β-amino-alcohol motifs (C(OH)–C–C–N with tert-alkyl or cyclic N) is 1. The molecular weight excluding hydrogens is 399 g/mol. The Morgan fingerprint density at radius 2 is 1.97 bits per heavy atom. The van der Waals surface area contributed by atoms with Crippen LogP contribution in [-0.4, -0.2) is 39.5 Å². The Morgan fingerprint density at radius 1 is 1.27 bits per heavy atom. The summed E-state index contributed by atoms with van der Waals surface area (Å²) in [5.41, 5.74) is 0.433. The maximum absolute atomic E-state index is 14.5. The molecule has 158 valence electrons. The number of rotatable bonds is 5. The van der Waals surface area contributed by atoms with Crippen LogP contribution in [0.5, 0.6) is 0 Å². The number of aryl methyl sites for hydroxylation is 1. The smallest absolute Gasteiger partial charge is 0.272 e. The molecule has 1 saturated heterocycles. The van der Waals surface area contributed by atoms with Crippen LogP contribution in [0.2, 0.25) is 0 Å². The molecule has 1 aliphatic heterocycles. The van der Waals surface area contributed by atoms with Gasteiger partial charge in [-0.3, -0.25) is 4.79 Å². The first kappa shape index (κ1) is 20.1. The van der Waals surface area contributed by atoms with E-state index in [-0.39, 0.29) is 16.9 Å². The van der Waals surface area contributed by atoms with Gasteiger partial charge in [-0.25, -0.2) is 13.2 Å². The lowest BCUT2D eigenvalue weighted by molar-refractivity contribution is 0.141. The number of benzene rings is 1. The van der Waals surface area contributed by atoms with Gasteiger partial charge in [-0.05, 0) is 19.9 Å². The summed E-state index contributed by atoms with van der Waals surface area (Å²) in [5.74, 6) is -0.691. The second kappa shape index (κ2) is 7.60. The molecule has 1 fully saturated rings. The lowest BCUT2D eigenvalue weighted by Gasteiger charge is -2.37. The lowest BCUT2D eigenvalue weighted by Crippen LogP contribution is -2.52. The van der Waals surface area contributed by atoms with Gasteiger partial charge in [0.1, 0.15) is 11.5 Å². The van der Waals surface area contributed by atoms with Crippen LogP contribution in [-0.2, 0) is 0 Å². The zero-order chi connectivity index (χ0) is 21.6. The minimum Gasteiger partial charge on any atom is -0.389 e. The molecule has 1 aliphatic rings. The molecule has 0 aliphatic carbocycles. The van der Waals surface area contributed by atoms with Crippen LogP contribution in [0.25, 0.3) is 10.9 Å². The number of H-pyrrole nitrogens is 1. The molecule has 0 amide bonds. The topological polar surface area (TPSA) is 94.1 Å². The number of anilines is 2. The third kappa shape index (κ3) is 3.47. The number of halogens is 3. The maximum Gasteiger partial charge on any atom is 0.272 e. The number of pyridine rings is 1. The van der Waals surface area contributed by atoms with Gasteiger partial charge < -0.3 is 20.3 Å². The molecule has 0 saturated carbocycles. The molecule has 4 rings (SSSR count). The van der Waals surface area contributed by atoms with Crippen LogP contribution in [0.4, 0.5) is 24.7 Å². The van der Waals surface area contributed by atoms with Gasteiger partial charge in [-0.1, -0.05) is 18.2 Å². The van der Waals surface area contributed by atoms with Crippen molar-refractivity contribution in [2.45, 2.75) is 32.4 Å². The van der Waals surface area contributed by atoms with Gasteiger partial charge in [0.25, 0.3) is 12.0 Å². The molecule has 0 spiro atoms. The summed E-state index contributed by atoms with van der Waals surface area (Å²) in [5, 5.41) is 21.3. The van der Waals surface area contributed by atoms with Crippen molar-refractivity contribution >= 4 is 22.4 Å². The van der Waals surface area contributed by atoms with E-state index in [0.717, 1.165) is 6.07 Å². The van der Waals surface area contributed by atoms with Gasteiger partial charge in [-0.15, -0.1) is 5.10 Å². The van der Waals surface area contributed by atoms with Crippen molar-refractivity contribution in [3.8, 4) is 0 Å². The molecule has 1 atom stereocenters. The fourth-order valence-electron chi connectivity index (χ4n) is 3.57. The number of fused-ring (bicyclic) bond motifs is 1. The first-order chi connectivity index (χ1) is 14.3. The molecule has 3 aromatic rings. The van der Waals surface area contributed by atoms with E-state index in [0.29, 0.717) is 35.4 Å². The number of hydrogen-bond donors (Lipinski definition) is 3. The van der Waals surface area contributed by atoms with Gasteiger partial charge in [-0.2, -0.15) is 5.10 Å². The van der Waals surface area contributed by atoms with E-state index < -0.39 is 30.0 Å². The predicted octanol–water partition coefficient (Wildman–Crippen LogP) is 3.06. The summed E-state index contributed by atoms with van der Waals surface area (Å²) in [7, 11) is 0. The van der Waals surface area contributed by atoms with Crippen LogP contribution in [0.1, 0.15) is 36.2 Å². The molecule has 3 heterocycles. The summed E-state index contributed by atoms with van der Waals surface area (Å²) in [6, 6.07) is 4.81. The molecule has 10 heteroatoms. The summed E-state index contributed by atoms with van der Waals surface area (Å²) >= 11 is 0. The van der Waals surface area contributed by atoms with E-state index in [4.69, 9.17) is 0 Å². The van der Waals surface area contributed by atoms with Gasteiger partial charge in [0.15, 0.2) is 5.82 Å². The zero-order valence-corrected chi connectivity index (χ0v) is 16.3. The maximum atomic E-state index is 14.5. The Balaban J connectivity index is 1.74. The van der Waals surface area contributed by atoms with Crippen molar-refractivity contribution in [2.24, 2.45) is 0 Å². The van der Waals surface area contributed by atoms with Crippen LogP contribution in [0.3, 0.4) is 0 Å². The van der Waals surface area contributed by atoms with E-state index in [1.807, 2.05) is 0 Å². The van der Waals surface area contributed by atoms with Crippen molar-refractivity contribution in [1.29, 1.82) is 0 Å². The van der Waals surface area contributed by atoms with E-state index in [1.54, 1.807) is 24.8 Å². The van der Waals surface area contributed by atoms with Gasteiger partial charge in [0.2, 0.25) is 0 Å². The molecule has 0 bridgehead atoms. The van der Waals surface area contributed by atoms with E-state index >= 15 is 0 Å². The number of alkyl halides is 2. The number of nitrogens with one attached hydrogen (secondary N) is 2. The largest absolute Gasteiger partial charge is 0.389 e. The SMILES string of the molecule is Cc1nnc(N[C@H](C)c2cccc(C(F)F)c2F)c2cc(N3CC(O)C3)c(=O)[nH]c12. The Kier molecular flexibility index (Phi) is 5.10. The number of aliphatic hydroxyl groups is 1. The number of hydrogen-bond acceptors (Lipinski definition) is 6. The molecular formula is C20H20F3N5O2. The number of aromatic nitrogens is 3. The summed E-state index contributed by atoms with van der Waals surface area (Å²) in [6.45, 7) is 4.00. The molecule has 0 radical (unpaired) electrons. The standard InChI is InChI=1S/C20H20F3N5O2/c1-9(12-4-3-5-13(16(12)21)18(22)23)24-19-14-6-15(28-7-11(29)8-28)20(30)25-17(14)10(2)26-27-19/h3-6,9,11,18,29H,7-8H2,1-2H3,(H,24,27)(H,25,30)/t9-/m1/s1. The normalized spacial score (nSPS) is 15.5. The second-order valence-electron chi connectivity index (χ2n) is 7.38. The summed E-state index contributed by atoms with van der Waals surface area (Å²) < 4.78 is 40.6. The first-order valence-corrected chi connectivity index (χ1v) is 9.42. The van der Waals surface area contributed by atoms with Crippen molar-refractivity contribution in [3.05, 3.63) is 57.3 Å². The third-order valence-electron chi connectivity index (χ3n) is 5.25. The molecule has 7 nitrogen and oxygen atoms in total. The van der Waals surface area contributed by atoms with E-state index in [9.17, 15) is 23.1 Å². The number of nitrogens with zero attached hydrogens (tertiary/aromatic N) is 3. The molecule has 0 unspecified atom stereocenters. The van der Waals surface area contributed by atoms with E-state index in [1.165, 1.54) is 12.1 Å². The number of aromatic amines is 1. The average Bonchev–Trinajstić information content (AvgIpc) is 2.67. The highest BCUT2D eigenvalue weighted by atomic mass is 19.3. The van der Waals surface area contributed by atoms with Crippen molar-refractivity contribution < 1.29 is 18.3 Å². The minimum atomic E-state index is -2.92. The Hall–Kier alpha value is -3.14. The lowest BCUT2D eigenvalue weighted by atomic mass is 10.0. The average molecular weight is 419 g/mol. The van der Waals surface area contributed by atoms with Gasteiger partial charge in [0, 0.05) is 24.0 Å². The third-order valence-corrected chi connectivity index (χ3v) is 5.25. The molecule has 2 aromatic heterocycles. The summed E-state index contributed by atoms with van der Waals surface area (Å²) in [6.07, 6.45) is -3.41. The fourth-order valence-corrected chi connectivity index (χ4v) is 3.57. The van der Waals surface area contributed by atoms with Crippen molar-refractivity contribution in [1.82, 2.24) is 15.2 Å². The quantitative estimate of drug-likeness (QED) is 0.589. The minimum absolute atomic E-state index is 0.0684. The summed E-state index contributed by atoms with van der Waals surface area (Å²) in [4.78, 5) is 17.0. The van der Waals surface area contributed by atoms with Crippen molar-refractivity contribution in [2.75, 3.05) is 23.3 Å². The van der Waals surface area contributed by atoms with Gasteiger partial charge in [0.05, 0.1) is 28.9 Å². The second-order valence-corrected chi connectivity index (χ2v) is 7.38. The van der Waals surface area contributed by atoms with Crippen molar-refractivity contribution in [3.63, 3.8) is 0 Å². The van der Waals surface area contributed by atoms with E-state index in [2.05, 4.69) is 20.5 Å².